The van der Waals surface area contributed by atoms with Crippen LogP contribution < -0.4 is 10.5 Å². The van der Waals surface area contributed by atoms with Crippen LogP contribution >= 0.6 is 11.8 Å². The molecule has 0 aromatic heterocycles. The molecule has 0 saturated heterocycles. The molecule has 0 heterocycles. The fourth-order valence-electron chi connectivity index (χ4n) is 3.35. The molecular formula is C24H27NOS. The lowest BCUT2D eigenvalue weighted by Gasteiger charge is -2.35. The van der Waals surface area contributed by atoms with Gasteiger partial charge in [-0.15, -0.1) is 11.8 Å². The van der Waals surface area contributed by atoms with E-state index in [1.807, 2.05) is 23.9 Å². The van der Waals surface area contributed by atoms with Crippen LogP contribution in [-0.4, -0.2) is 19.4 Å². The maximum atomic E-state index is 5.80. The molecule has 1 unspecified atom stereocenters. The standard InChI is InChI=1S/C24H27NOS/c1-19-9-11-21(12-10-19)24(27-18-6-17-25,20-7-4-3-5-8-20)22-13-15-23(26-2)16-14-22/h3-5,7-16H,6,17-18,25H2,1-2H3. The van der Waals surface area contributed by atoms with Gasteiger partial charge in [-0.2, -0.15) is 0 Å². The Morgan fingerprint density at radius 1 is 0.815 bits per heavy atom. The quantitative estimate of drug-likeness (QED) is 0.423. The summed E-state index contributed by atoms with van der Waals surface area (Å²) in [5.74, 6) is 1.86. The summed E-state index contributed by atoms with van der Waals surface area (Å²) in [6.45, 7) is 2.83. The second-order valence-electron chi connectivity index (χ2n) is 6.63. The molecule has 0 aliphatic heterocycles. The molecule has 0 aliphatic carbocycles. The largest absolute Gasteiger partial charge is 0.497 e. The summed E-state index contributed by atoms with van der Waals surface area (Å²) < 4.78 is 5.10. The average Bonchev–Trinajstić information content (AvgIpc) is 2.73. The highest BCUT2D eigenvalue weighted by Gasteiger charge is 2.36. The van der Waals surface area contributed by atoms with Crippen LogP contribution in [0.2, 0.25) is 0 Å². The Morgan fingerprint density at radius 2 is 1.37 bits per heavy atom. The van der Waals surface area contributed by atoms with E-state index >= 15 is 0 Å². The summed E-state index contributed by atoms with van der Waals surface area (Å²) in [7, 11) is 1.70. The fourth-order valence-corrected chi connectivity index (χ4v) is 4.87. The van der Waals surface area contributed by atoms with Crippen molar-refractivity contribution in [2.24, 2.45) is 5.73 Å². The number of benzene rings is 3. The predicted octanol–water partition coefficient (Wildman–Crippen LogP) is 5.38. The molecule has 0 amide bonds. The van der Waals surface area contributed by atoms with Crippen molar-refractivity contribution in [3.63, 3.8) is 0 Å². The number of hydrogen-bond acceptors (Lipinski definition) is 3. The maximum Gasteiger partial charge on any atom is 0.118 e. The SMILES string of the molecule is COc1ccc(C(SCCCN)(c2ccccc2)c2ccc(C)cc2)cc1. The molecule has 0 saturated carbocycles. The normalized spacial score (nSPS) is 13.1. The molecule has 3 aromatic carbocycles. The lowest BCUT2D eigenvalue weighted by molar-refractivity contribution is 0.414. The lowest BCUT2D eigenvalue weighted by Crippen LogP contribution is -2.26. The molecule has 3 aromatic rings. The Bertz CT molecular complexity index is 831. The number of methoxy groups -OCH3 is 1. The van der Waals surface area contributed by atoms with Crippen LogP contribution in [0.5, 0.6) is 5.75 Å². The number of hydrogen-bond donors (Lipinski definition) is 1. The Morgan fingerprint density at radius 3 is 1.93 bits per heavy atom. The number of rotatable bonds is 8. The molecule has 3 heteroatoms. The third kappa shape index (κ3) is 4.20. The van der Waals surface area contributed by atoms with Gasteiger partial charge in [0.25, 0.3) is 0 Å². The van der Waals surface area contributed by atoms with E-state index in [0.717, 1.165) is 17.9 Å². The van der Waals surface area contributed by atoms with Crippen molar-refractivity contribution >= 4 is 11.8 Å². The highest BCUT2D eigenvalue weighted by atomic mass is 32.2. The first-order valence-corrected chi connectivity index (χ1v) is 10.3. The van der Waals surface area contributed by atoms with E-state index in [1.165, 1.54) is 22.3 Å². The maximum absolute atomic E-state index is 5.80. The smallest absolute Gasteiger partial charge is 0.118 e. The van der Waals surface area contributed by atoms with Crippen molar-refractivity contribution in [3.8, 4) is 5.75 Å². The number of aryl methyl sites for hydroxylation is 1. The second kappa shape index (κ2) is 9.12. The first kappa shape index (κ1) is 19.5. The monoisotopic (exact) mass is 377 g/mol. The first-order valence-electron chi connectivity index (χ1n) is 9.32. The summed E-state index contributed by atoms with van der Waals surface area (Å²) >= 11 is 1.95. The van der Waals surface area contributed by atoms with Gasteiger partial charge in [0, 0.05) is 0 Å². The zero-order valence-corrected chi connectivity index (χ0v) is 16.8. The molecular weight excluding hydrogens is 350 g/mol. The molecule has 2 N–H and O–H groups in total. The van der Waals surface area contributed by atoms with E-state index in [4.69, 9.17) is 10.5 Å². The first-order chi connectivity index (χ1) is 13.2. The molecule has 0 radical (unpaired) electrons. The van der Waals surface area contributed by atoms with Gasteiger partial charge < -0.3 is 10.5 Å². The number of ether oxygens (including phenoxy) is 1. The molecule has 3 rings (SSSR count). The summed E-state index contributed by atoms with van der Waals surface area (Å²) in [4.78, 5) is 0. The minimum Gasteiger partial charge on any atom is -0.497 e. The average molecular weight is 378 g/mol. The van der Waals surface area contributed by atoms with Crippen LogP contribution in [0, 0.1) is 6.92 Å². The Kier molecular flexibility index (Phi) is 6.59. The molecule has 27 heavy (non-hydrogen) atoms. The van der Waals surface area contributed by atoms with Gasteiger partial charge in [0.1, 0.15) is 5.75 Å². The topological polar surface area (TPSA) is 35.2 Å². The van der Waals surface area contributed by atoms with Crippen LogP contribution in [-0.2, 0) is 4.75 Å². The van der Waals surface area contributed by atoms with Gasteiger partial charge in [-0.3, -0.25) is 0 Å². The van der Waals surface area contributed by atoms with Crippen molar-refractivity contribution < 1.29 is 4.74 Å². The third-order valence-electron chi connectivity index (χ3n) is 4.80. The number of nitrogens with two attached hydrogens (primary N) is 1. The van der Waals surface area contributed by atoms with Crippen molar-refractivity contribution in [2.45, 2.75) is 18.1 Å². The summed E-state index contributed by atoms with van der Waals surface area (Å²) in [6.07, 6.45) is 0.987. The fraction of sp³-hybridized carbons (Fsp3) is 0.250. The molecule has 0 aliphatic rings. The van der Waals surface area contributed by atoms with Crippen molar-refractivity contribution in [2.75, 3.05) is 19.4 Å². The van der Waals surface area contributed by atoms with Crippen LogP contribution in [0.3, 0.4) is 0 Å². The summed E-state index contributed by atoms with van der Waals surface area (Å²) in [6, 6.07) is 28.1. The minimum atomic E-state index is -0.281. The zero-order valence-electron chi connectivity index (χ0n) is 16.0. The van der Waals surface area contributed by atoms with Crippen molar-refractivity contribution in [1.29, 1.82) is 0 Å². The predicted molar refractivity (Wildman–Crippen MR) is 117 cm³/mol. The van der Waals surface area contributed by atoms with E-state index in [2.05, 4.69) is 73.7 Å². The summed E-state index contributed by atoms with van der Waals surface area (Å²) in [5, 5.41) is 0. The Hall–Kier alpha value is -2.23. The van der Waals surface area contributed by atoms with Crippen LogP contribution in [0.25, 0.3) is 0 Å². The van der Waals surface area contributed by atoms with Gasteiger partial charge in [0.2, 0.25) is 0 Å². The molecule has 140 valence electrons. The lowest BCUT2D eigenvalue weighted by atomic mass is 9.83. The van der Waals surface area contributed by atoms with Crippen molar-refractivity contribution in [3.05, 3.63) is 101 Å². The Balaban J connectivity index is 2.21. The third-order valence-corrected chi connectivity index (χ3v) is 6.43. The van der Waals surface area contributed by atoms with E-state index < -0.39 is 0 Å². The molecule has 0 spiro atoms. The van der Waals surface area contributed by atoms with Gasteiger partial charge in [0.05, 0.1) is 11.9 Å². The van der Waals surface area contributed by atoms with Gasteiger partial charge in [-0.05, 0) is 54.5 Å². The van der Waals surface area contributed by atoms with E-state index in [9.17, 15) is 0 Å². The number of thioether (sulfide) groups is 1. The van der Waals surface area contributed by atoms with E-state index in [-0.39, 0.29) is 4.75 Å². The van der Waals surface area contributed by atoms with Gasteiger partial charge >= 0.3 is 0 Å². The van der Waals surface area contributed by atoms with Gasteiger partial charge in [0.15, 0.2) is 0 Å². The van der Waals surface area contributed by atoms with Gasteiger partial charge in [-0.25, -0.2) is 0 Å². The Labute approximate surface area is 166 Å². The second-order valence-corrected chi connectivity index (χ2v) is 7.94. The summed E-state index contributed by atoms with van der Waals surface area (Å²) in [5.41, 5.74) is 10.9. The van der Waals surface area contributed by atoms with Crippen LogP contribution in [0.4, 0.5) is 0 Å². The molecule has 1 atom stereocenters. The van der Waals surface area contributed by atoms with Gasteiger partial charge in [-0.1, -0.05) is 72.3 Å². The van der Waals surface area contributed by atoms with E-state index in [0.29, 0.717) is 6.54 Å². The molecule has 0 fully saturated rings. The highest BCUT2D eigenvalue weighted by molar-refractivity contribution is 8.00. The van der Waals surface area contributed by atoms with Crippen LogP contribution in [0.1, 0.15) is 28.7 Å². The molecule has 0 bridgehead atoms. The molecule has 2 nitrogen and oxygen atoms in total. The van der Waals surface area contributed by atoms with Crippen LogP contribution in [0.15, 0.2) is 78.9 Å². The minimum absolute atomic E-state index is 0.281. The van der Waals surface area contributed by atoms with Crippen molar-refractivity contribution in [1.82, 2.24) is 0 Å². The highest BCUT2D eigenvalue weighted by Crippen LogP contribution is 2.49. The zero-order chi connectivity index (χ0) is 19.1. The van der Waals surface area contributed by atoms with E-state index in [1.54, 1.807) is 7.11 Å².